The smallest absolute Gasteiger partial charge is 0.165 e. The van der Waals surface area contributed by atoms with Gasteiger partial charge >= 0.3 is 0 Å². The van der Waals surface area contributed by atoms with Crippen LogP contribution in [0.4, 0.5) is 4.39 Å². The first-order chi connectivity index (χ1) is 9.99. The molecule has 1 aromatic rings. The molecule has 1 fully saturated rings. The third kappa shape index (κ3) is 4.27. The lowest BCUT2D eigenvalue weighted by Gasteiger charge is -2.29. The minimum Gasteiger partial charge on any atom is -0.494 e. The van der Waals surface area contributed by atoms with E-state index in [1.54, 1.807) is 6.07 Å². The van der Waals surface area contributed by atoms with E-state index in [9.17, 15) is 9.18 Å². The number of hydrogen-bond acceptors (Lipinski definition) is 3. The highest BCUT2D eigenvalue weighted by atomic mass is 19.1. The lowest BCUT2D eigenvalue weighted by Crippen LogP contribution is -2.34. The number of carbonyl (C=O) groups excluding carboxylic acids is 1. The van der Waals surface area contributed by atoms with Crippen LogP contribution in [0.15, 0.2) is 18.2 Å². The summed E-state index contributed by atoms with van der Waals surface area (Å²) in [7, 11) is 3.44. The van der Waals surface area contributed by atoms with Crippen molar-refractivity contribution in [1.29, 1.82) is 0 Å². The molecule has 0 saturated heterocycles. The van der Waals surface area contributed by atoms with Crippen LogP contribution in [0.25, 0.3) is 0 Å². The van der Waals surface area contributed by atoms with E-state index < -0.39 is 0 Å². The van der Waals surface area contributed by atoms with Crippen LogP contribution in [0, 0.1) is 17.7 Å². The van der Waals surface area contributed by atoms with Gasteiger partial charge in [0.05, 0.1) is 7.11 Å². The van der Waals surface area contributed by atoms with Crippen molar-refractivity contribution in [2.45, 2.75) is 32.7 Å². The summed E-state index contributed by atoms with van der Waals surface area (Å²) < 4.78 is 18.6. The van der Waals surface area contributed by atoms with Crippen LogP contribution in [-0.2, 0) is 11.3 Å². The van der Waals surface area contributed by atoms with Gasteiger partial charge in [0.1, 0.15) is 5.78 Å². The Bertz CT molecular complexity index is 504. The summed E-state index contributed by atoms with van der Waals surface area (Å²) in [5.41, 5.74) is 0.895. The van der Waals surface area contributed by atoms with Crippen molar-refractivity contribution in [3.8, 4) is 5.75 Å². The normalized spacial score (nSPS) is 22.6. The van der Waals surface area contributed by atoms with Crippen LogP contribution in [0.5, 0.6) is 5.75 Å². The SMILES string of the molecule is COc1ccc(CN(C)CC2CC(C)CCC2=O)cc1F. The maximum absolute atomic E-state index is 13.7. The van der Waals surface area contributed by atoms with Crippen LogP contribution < -0.4 is 4.74 Å². The molecule has 21 heavy (non-hydrogen) atoms. The zero-order chi connectivity index (χ0) is 15.4. The molecule has 0 N–H and O–H groups in total. The highest BCUT2D eigenvalue weighted by molar-refractivity contribution is 5.81. The molecule has 2 atom stereocenters. The molecule has 0 bridgehead atoms. The number of halogens is 1. The molecule has 0 radical (unpaired) electrons. The molecule has 2 rings (SSSR count). The summed E-state index contributed by atoms with van der Waals surface area (Å²) in [4.78, 5) is 14.1. The summed E-state index contributed by atoms with van der Waals surface area (Å²) in [5, 5.41) is 0. The number of carbonyl (C=O) groups is 1. The molecule has 3 nitrogen and oxygen atoms in total. The Morgan fingerprint density at radius 2 is 2.19 bits per heavy atom. The quantitative estimate of drug-likeness (QED) is 0.834. The van der Waals surface area contributed by atoms with Gasteiger partial charge in [0, 0.05) is 25.4 Å². The molecule has 1 aliphatic rings. The summed E-state index contributed by atoms with van der Waals surface area (Å²) >= 11 is 0. The predicted molar refractivity (Wildman–Crippen MR) is 80.8 cm³/mol. The van der Waals surface area contributed by atoms with Crippen LogP contribution >= 0.6 is 0 Å². The average molecular weight is 293 g/mol. The Labute approximate surface area is 126 Å². The molecule has 116 valence electrons. The van der Waals surface area contributed by atoms with Gasteiger partial charge in [0.15, 0.2) is 11.6 Å². The van der Waals surface area contributed by atoms with Gasteiger partial charge in [-0.05, 0) is 43.5 Å². The van der Waals surface area contributed by atoms with E-state index in [-0.39, 0.29) is 17.5 Å². The van der Waals surface area contributed by atoms with E-state index in [1.807, 2.05) is 13.1 Å². The maximum Gasteiger partial charge on any atom is 0.165 e. The number of ether oxygens (including phenoxy) is 1. The average Bonchev–Trinajstić information content (AvgIpc) is 2.43. The second-order valence-corrected chi connectivity index (χ2v) is 6.21. The van der Waals surface area contributed by atoms with Crippen molar-refractivity contribution in [2.24, 2.45) is 11.8 Å². The predicted octanol–water partition coefficient (Wildman–Crippen LogP) is 3.27. The van der Waals surface area contributed by atoms with Gasteiger partial charge in [-0.1, -0.05) is 13.0 Å². The van der Waals surface area contributed by atoms with E-state index in [0.29, 0.717) is 24.7 Å². The summed E-state index contributed by atoms with van der Waals surface area (Å²) in [6.07, 6.45) is 2.69. The fourth-order valence-electron chi connectivity index (χ4n) is 3.06. The van der Waals surface area contributed by atoms with Gasteiger partial charge in [-0.3, -0.25) is 4.79 Å². The Kier molecular flexibility index (Phi) is 5.34. The van der Waals surface area contributed by atoms with E-state index in [4.69, 9.17) is 4.74 Å². The number of rotatable bonds is 5. The topological polar surface area (TPSA) is 29.5 Å². The fourth-order valence-corrected chi connectivity index (χ4v) is 3.06. The van der Waals surface area contributed by atoms with Crippen molar-refractivity contribution in [2.75, 3.05) is 20.7 Å². The first kappa shape index (κ1) is 16.0. The van der Waals surface area contributed by atoms with Gasteiger partial charge in [-0.15, -0.1) is 0 Å². The summed E-state index contributed by atoms with van der Waals surface area (Å²) in [5.74, 6) is 1.05. The zero-order valence-electron chi connectivity index (χ0n) is 13.1. The van der Waals surface area contributed by atoms with Crippen LogP contribution in [-0.4, -0.2) is 31.4 Å². The van der Waals surface area contributed by atoms with E-state index in [0.717, 1.165) is 24.9 Å². The van der Waals surface area contributed by atoms with Gasteiger partial charge in [-0.2, -0.15) is 0 Å². The van der Waals surface area contributed by atoms with Crippen molar-refractivity contribution in [1.82, 2.24) is 4.90 Å². The van der Waals surface area contributed by atoms with E-state index in [2.05, 4.69) is 11.8 Å². The van der Waals surface area contributed by atoms with Crippen LogP contribution in [0.1, 0.15) is 31.7 Å². The minimum atomic E-state index is -0.342. The number of hydrogen-bond donors (Lipinski definition) is 0. The summed E-state index contributed by atoms with van der Waals surface area (Å²) in [6.45, 7) is 3.59. The summed E-state index contributed by atoms with van der Waals surface area (Å²) in [6, 6.07) is 5.01. The first-order valence-electron chi connectivity index (χ1n) is 7.53. The minimum absolute atomic E-state index is 0.127. The zero-order valence-corrected chi connectivity index (χ0v) is 13.1. The van der Waals surface area contributed by atoms with Gasteiger partial charge in [0.2, 0.25) is 0 Å². The second-order valence-electron chi connectivity index (χ2n) is 6.21. The molecule has 1 aromatic carbocycles. The number of nitrogens with zero attached hydrogens (tertiary/aromatic N) is 1. The van der Waals surface area contributed by atoms with Crippen molar-refractivity contribution >= 4 is 5.78 Å². The van der Waals surface area contributed by atoms with Gasteiger partial charge < -0.3 is 9.64 Å². The number of benzene rings is 1. The molecule has 0 spiro atoms. The molecule has 0 aromatic heterocycles. The van der Waals surface area contributed by atoms with Crippen LogP contribution in [0.3, 0.4) is 0 Å². The molecular formula is C17H24FNO2. The first-order valence-corrected chi connectivity index (χ1v) is 7.53. The van der Waals surface area contributed by atoms with Crippen molar-refractivity contribution < 1.29 is 13.9 Å². The third-order valence-electron chi connectivity index (χ3n) is 4.23. The monoisotopic (exact) mass is 293 g/mol. The second kappa shape index (κ2) is 7.03. The van der Waals surface area contributed by atoms with E-state index >= 15 is 0 Å². The molecule has 4 heteroatoms. The Morgan fingerprint density at radius 3 is 2.86 bits per heavy atom. The van der Waals surface area contributed by atoms with Crippen molar-refractivity contribution in [3.63, 3.8) is 0 Å². The standard InChI is InChI=1S/C17H24FNO2/c1-12-4-6-16(20)14(8-12)11-19(2)10-13-5-7-17(21-3)15(18)9-13/h5,7,9,12,14H,4,6,8,10-11H2,1-3H3. The molecule has 0 amide bonds. The molecule has 1 saturated carbocycles. The Hall–Kier alpha value is -1.42. The lowest BCUT2D eigenvalue weighted by atomic mass is 9.81. The van der Waals surface area contributed by atoms with Gasteiger partial charge in [0.25, 0.3) is 0 Å². The number of ketones is 1. The lowest BCUT2D eigenvalue weighted by molar-refractivity contribution is -0.126. The Morgan fingerprint density at radius 1 is 1.43 bits per heavy atom. The molecule has 2 unspecified atom stereocenters. The van der Waals surface area contributed by atoms with E-state index in [1.165, 1.54) is 13.2 Å². The molecule has 0 heterocycles. The number of methoxy groups -OCH3 is 1. The van der Waals surface area contributed by atoms with Crippen molar-refractivity contribution in [3.05, 3.63) is 29.6 Å². The molecule has 0 aliphatic heterocycles. The number of Topliss-reactive ketones (excluding diaryl/α,β-unsaturated/α-hetero) is 1. The molecular weight excluding hydrogens is 269 g/mol. The maximum atomic E-state index is 13.7. The van der Waals surface area contributed by atoms with Gasteiger partial charge in [-0.25, -0.2) is 4.39 Å². The highest BCUT2D eigenvalue weighted by Gasteiger charge is 2.27. The molecule has 1 aliphatic carbocycles. The largest absolute Gasteiger partial charge is 0.494 e. The highest BCUT2D eigenvalue weighted by Crippen LogP contribution is 2.27. The van der Waals surface area contributed by atoms with Crippen LogP contribution in [0.2, 0.25) is 0 Å². The third-order valence-corrected chi connectivity index (χ3v) is 4.23. The Balaban J connectivity index is 1.93. The fraction of sp³-hybridized carbons (Fsp3) is 0.588.